The van der Waals surface area contributed by atoms with Crippen LogP contribution in [0.4, 0.5) is 11.4 Å². The van der Waals surface area contributed by atoms with Crippen molar-refractivity contribution >= 4 is 27.3 Å². The molecule has 1 aliphatic heterocycles. The van der Waals surface area contributed by atoms with E-state index in [9.17, 15) is 13.2 Å². The molecule has 0 saturated heterocycles. The van der Waals surface area contributed by atoms with Crippen molar-refractivity contribution in [3.63, 3.8) is 0 Å². The molecular formula is C23H30N2O6S. The third-order valence-corrected chi connectivity index (χ3v) is 6.17. The fraction of sp³-hybridized carbons (Fsp3) is 0.435. The van der Waals surface area contributed by atoms with E-state index in [0.717, 1.165) is 18.4 Å². The van der Waals surface area contributed by atoms with Crippen molar-refractivity contribution in [2.75, 3.05) is 42.2 Å². The van der Waals surface area contributed by atoms with Crippen LogP contribution in [0.25, 0.3) is 0 Å². The second-order valence-electron chi connectivity index (χ2n) is 7.34. The van der Waals surface area contributed by atoms with Gasteiger partial charge in [-0.25, -0.2) is 8.42 Å². The van der Waals surface area contributed by atoms with Crippen molar-refractivity contribution in [2.45, 2.75) is 33.6 Å². The van der Waals surface area contributed by atoms with Gasteiger partial charge >= 0.3 is 0 Å². The highest BCUT2D eigenvalue weighted by Gasteiger charge is 2.25. The van der Waals surface area contributed by atoms with E-state index in [1.165, 1.54) is 10.6 Å². The monoisotopic (exact) mass is 462 g/mol. The van der Waals surface area contributed by atoms with Gasteiger partial charge in [-0.05, 0) is 63.4 Å². The molecule has 0 spiro atoms. The van der Waals surface area contributed by atoms with Gasteiger partial charge in [0.25, 0.3) is 5.91 Å². The van der Waals surface area contributed by atoms with Crippen LogP contribution in [0.15, 0.2) is 30.3 Å². The number of rotatable bonds is 9. The molecule has 8 nitrogen and oxygen atoms in total. The average molecular weight is 463 g/mol. The number of hydrogen-bond donors (Lipinski definition) is 1. The molecule has 174 valence electrons. The van der Waals surface area contributed by atoms with Crippen LogP contribution in [0.2, 0.25) is 0 Å². The van der Waals surface area contributed by atoms with E-state index in [2.05, 4.69) is 5.32 Å². The van der Waals surface area contributed by atoms with Crippen LogP contribution in [0.5, 0.6) is 17.2 Å². The Morgan fingerprint density at radius 3 is 2.19 bits per heavy atom. The topological polar surface area (TPSA) is 94.2 Å². The standard InChI is InChI=1S/C23H30N2O6S/c1-5-29-20-13-17(14-21(30-6-2)22(20)31-7-3)23(26)24-18-11-10-16-9-8-12-25(19(16)15-18)32(4,27)28/h10-11,13-15H,5-9,12H2,1-4H3,(H,24,26). The zero-order chi connectivity index (χ0) is 23.3. The van der Waals surface area contributed by atoms with Crippen molar-refractivity contribution in [1.82, 2.24) is 0 Å². The molecule has 0 aromatic heterocycles. The fourth-order valence-corrected chi connectivity index (χ4v) is 4.67. The molecule has 0 saturated carbocycles. The van der Waals surface area contributed by atoms with Crippen LogP contribution in [0.3, 0.4) is 0 Å². The molecule has 0 fully saturated rings. The quantitative estimate of drug-likeness (QED) is 0.608. The van der Waals surface area contributed by atoms with Crippen LogP contribution >= 0.6 is 0 Å². The number of carbonyl (C=O) groups is 1. The normalized spacial score (nSPS) is 13.3. The lowest BCUT2D eigenvalue weighted by atomic mass is 10.0. The average Bonchev–Trinajstić information content (AvgIpc) is 2.75. The van der Waals surface area contributed by atoms with E-state index in [1.54, 1.807) is 24.3 Å². The number of amides is 1. The minimum Gasteiger partial charge on any atom is -0.490 e. The summed E-state index contributed by atoms with van der Waals surface area (Å²) < 4.78 is 42.8. The van der Waals surface area contributed by atoms with Gasteiger partial charge in [0, 0.05) is 17.8 Å². The number of ether oxygens (including phenoxy) is 3. The van der Waals surface area contributed by atoms with Crippen molar-refractivity contribution in [2.24, 2.45) is 0 Å². The highest BCUT2D eigenvalue weighted by Crippen LogP contribution is 2.39. The summed E-state index contributed by atoms with van der Waals surface area (Å²) in [5.41, 5.74) is 2.40. The van der Waals surface area contributed by atoms with E-state index in [-0.39, 0.29) is 5.91 Å². The van der Waals surface area contributed by atoms with Gasteiger partial charge in [0.05, 0.1) is 31.8 Å². The molecule has 1 heterocycles. The molecule has 1 amide bonds. The Hall–Kier alpha value is -2.94. The third kappa shape index (κ3) is 5.27. The molecule has 0 radical (unpaired) electrons. The van der Waals surface area contributed by atoms with Crippen molar-refractivity contribution < 1.29 is 27.4 Å². The first kappa shape index (κ1) is 23.7. The first-order valence-corrected chi connectivity index (χ1v) is 12.6. The molecule has 1 N–H and O–H groups in total. The number of anilines is 2. The number of fused-ring (bicyclic) bond motifs is 1. The van der Waals surface area contributed by atoms with Gasteiger partial charge in [-0.15, -0.1) is 0 Å². The summed E-state index contributed by atoms with van der Waals surface area (Å²) in [7, 11) is -3.40. The molecule has 32 heavy (non-hydrogen) atoms. The molecule has 9 heteroatoms. The zero-order valence-corrected chi connectivity index (χ0v) is 19.8. The molecule has 0 atom stereocenters. The van der Waals surface area contributed by atoms with E-state index >= 15 is 0 Å². The summed E-state index contributed by atoms with van der Waals surface area (Å²) in [4.78, 5) is 13.0. The lowest BCUT2D eigenvalue weighted by Crippen LogP contribution is -2.34. The lowest BCUT2D eigenvalue weighted by Gasteiger charge is -2.29. The Labute approximate surface area is 189 Å². The van der Waals surface area contributed by atoms with E-state index in [0.29, 0.717) is 60.6 Å². The summed E-state index contributed by atoms with van der Waals surface area (Å²) in [5, 5.41) is 2.86. The van der Waals surface area contributed by atoms with Crippen LogP contribution < -0.4 is 23.8 Å². The van der Waals surface area contributed by atoms with E-state index in [4.69, 9.17) is 14.2 Å². The second kappa shape index (κ2) is 10.1. The molecule has 0 aliphatic carbocycles. The van der Waals surface area contributed by atoms with Crippen LogP contribution in [0.1, 0.15) is 43.1 Å². The molecular weight excluding hydrogens is 432 g/mol. The number of carbonyl (C=O) groups excluding carboxylic acids is 1. The largest absolute Gasteiger partial charge is 0.490 e. The van der Waals surface area contributed by atoms with Crippen LogP contribution in [0, 0.1) is 0 Å². The van der Waals surface area contributed by atoms with Gasteiger partial charge in [-0.3, -0.25) is 9.10 Å². The van der Waals surface area contributed by atoms with Gasteiger partial charge in [0.2, 0.25) is 15.8 Å². The number of nitrogens with zero attached hydrogens (tertiary/aromatic N) is 1. The van der Waals surface area contributed by atoms with Crippen LogP contribution in [-0.2, 0) is 16.4 Å². The number of sulfonamides is 1. The molecule has 2 aromatic carbocycles. The van der Waals surface area contributed by atoms with E-state index in [1.807, 2.05) is 26.8 Å². The maximum Gasteiger partial charge on any atom is 0.255 e. The molecule has 3 rings (SSSR count). The summed E-state index contributed by atoms with van der Waals surface area (Å²) in [6.07, 6.45) is 2.75. The molecule has 1 aliphatic rings. The Balaban J connectivity index is 1.93. The summed E-state index contributed by atoms with van der Waals surface area (Å²) in [6.45, 7) is 7.23. The minimum absolute atomic E-state index is 0.345. The zero-order valence-electron chi connectivity index (χ0n) is 18.9. The molecule has 0 unspecified atom stereocenters. The van der Waals surface area contributed by atoms with Crippen molar-refractivity contribution in [3.8, 4) is 17.2 Å². The SMILES string of the molecule is CCOc1cc(C(=O)Nc2ccc3c(c2)N(S(C)(=O)=O)CCC3)cc(OCC)c1OCC. The van der Waals surface area contributed by atoms with Gasteiger partial charge in [0.15, 0.2) is 11.5 Å². The van der Waals surface area contributed by atoms with Gasteiger partial charge in [0.1, 0.15) is 0 Å². The van der Waals surface area contributed by atoms with E-state index < -0.39 is 10.0 Å². The summed E-state index contributed by atoms with van der Waals surface area (Å²) >= 11 is 0. The fourth-order valence-electron chi connectivity index (χ4n) is 3.69. The lowest BCUT2D eigenvalue weighted by molar-refractivity contribution is 0.102. The number of hydrogen-bond acceptors (Lipinski definition) is 6. The smallest absolute Gasteiger partial charge is 0.255 e. The Bertz CT molecular complexity index is 1060. The number of benzene rings is 2. The maximum atomic E-state index is 13.0. The molecule has 0 bridgehead atoms. The highest BCUT2D eigenvalue weighted by molar-refractivity contribution is 7.92. The van der Waals surface area contributed by atoms with Crippen molar-refractivity contribution in [3.05, 3.63) is 41.5 Å². The predicted octanol–water partition coefficient (Wildman–Crippen LogP) is 3.85. The highest BCUT2D eigenvalue weighted by atomic mass is 32.2. The first-order valence-electron chi connectivity index (χ1n) is 10.8. The number of nitrogens with one attached hydrogen (secondary N) is 1. The predicted molar refractivity (Wildman–Crippen MR) is 125 cm³/mol. The van der Waals surface area contributed by atoms with Gasteiger partial charge < -0.3 is 19.5 Å². The van der Waals surface area contributed by atoms with Crippen molar-refractivity contribution in [1.29, 1.82) is 0 Å². The minimum atomic E-state index is -3.40. The number of aryl methyl sites for hydroxylation is 1. The summed E-state index contributed by atoms with van der Waals surface area (Å²) in [6, 6.07) is 8.58. The first-order chi connectivity index (χ1) is 15.3. The Morgan fingerprint density at radius 1 is 1.00 bits per heavy atom. The second-order valence-corrected chi connectivity index (χ2v) is 9.24. The Kier molecular flexibility index (Phi) is 7.50. The molecule has 2 aromatic rings. The van der Waals surface area contributed by atoms with Gasteiger partial charge in [-0.1, -0.05) is 6.07 Å². The third-order valence-electron chi connectivity index (χ3n) is 4.99. The Morgan fingerprint density at radius 2 is 1.62 bits per heavy atom. The maximum absolute atomic E-state index is 13.0. The van der Waals surface area contributed by atoms with Crippen LogP contribution in [-0.4, -0.2) is 46.9 Å². The van der Waals surface area contributed by atoms with Gasteiger partial charge in [-0.2, -0.15) is 0 Å². The summed E-state index contributed by atoms with van der Waals surface area (Å²) in [5.74, 6) is 0.959.